The van der Waals surface area contributed by atoms with Crippen LogP contribution in [0.1, 0.15) is 85.5 Å². The quantitative estimate of drug-likeness (QED) is 0.219. The average molecular weight is 829 g/mol. The molecule has 6 rings (SSSR count). The number of ketones is 1. The van der Waals surface area contributed by atoms with Gasteiger partial charge in [0.2, 0.25) is 5.91 Å². The van der Waals surface area contributed by atoms with Gasteiger partial charge in [-0.3, -0.25) is 14.4 Å². The van der Waals surface area contributed by atoms with E-state index in [-0.39, 0.29) is 90.4 Å². The first-order valence-corrected chi connectivity index (χ1v) is 22.1. The number of nitrogens with zero attached hydrogens (tertiary/aromatic N) is 2. The molecule has 1 amide bonds. The molecule has 6 unspecified atom stereocenters. The Morgan fingerprint density at radius 2 is 1.68 bits per heavy atom. The molecule has 0 bridgehead atoms. The van der Waals surface area contributed by atoms with Crippen LogP contribution in [-0.4, -0.2) is 142 Å². The van der Waals surface area contributed by atoms with Gasteiger partial charge in [0.1, 0.15) is 24.4 Å². The Labute approximate surface area is 352 Å². The molecular formula is C46H72N2O11. The summed E-state index contributed by atoms with van der Waals surface area (Å²) < 4.78 is 43.6. The summed E-state index contributed by atoms with van der Waals surface area (Å²) in [6, 6.07) is 0.286. The molecule has 332 valence electrons. The fourth-order valence-electron chi connectivity index (χ4n) is 11.1. The summed E-state index contributed by atoms with van der Waals surface area (Å²) in [4.78, 5) is 45.8. The van der Waals surface area contributed by atoms with E-state index in [1.807, 2.05) is 32.9 Å². The second-order valence-corrected chi connectivity index (χ2v) is 18.5. The summed E-state index contributed by atoms with van der Waals surface area (Å²) in [7, 11) is 10.7. The lowest BCUT2D eigenvalue weighted by Crippen LogP contribution is -2.59. The van der Waals surface area contributed by atoms with Gasteiger partial charge in [-0.2, -0.15) is 0 Å². The highest BCUT2D eigenvalue weighted by Crippen LogP contribution is 2.54. The molecule has 59 heavy (non-hydrogen) atoms. The van der Waals surface area contributed by atoms with Crippen molar-refractivity contribution < 1.29 is 52.6 Å². The molecule has 13 nitrogen and oxygen atoms in total. The van der Waals surface area contributed by atoms with E-state index in [9.17, 15) is 19.5 Å². The van der Waals surface area contributed by atoms with Crippen molar-refractivity contribution >= 4 is 17.7 Å². The second kappa shape index (κ2) is 20.1. The fraction of sp³-hybridized carbons (Fsp3) is 0.804. The molecule has 4 fully saturated rings. The smallest absolute Gasteiger partial charge is 0.306 e. The highest BCUT2D eigenvalue weighted by atomic mass is 16.7. The van der Waals surface area contributed by atoms with Gasteiger partial charge in [0.05, 0.1) is 30.8 Å². The predicted molar refractivity (Wildman–Crippen MR) is 221 cm³/mol. The summed E-state index contributed by atoms with van der Waals surface area (Å²) >= 11 is 0. The Morgan fingerprint density at radius 1 is 0.932 bits per heavy atom. The molecule has 3 aliphatic heterocycles. The van der Waals surface area contributed by atoms with E-state index in [2.05, 4.69) is 44.1 Å². The normalized spacial score (nSPS) is 42.3. The van der Waals surface area contributed by atoms with E-state index < -0.39 is 49.0 Å². The van der Waals surface area contributed by atoms with Crippen LogP contribution in [0.5, 0.6) is 0 Å². The third-order valence-electron chi connectivity index (χ3n) is 14.3. The number of esters is 1. The summed E-state index contributed by atoms with van der Waals surface area (Å²) in [6.45, 7) is 7.84. The zero-order valence-electron chi connectivity index (χ0n) is 37.1. The highest BCUT2D eigenvalue weighted by molar-refractivity contribution is 5.99. The number of cyclic esters (lactones) is 1. The number of aliphatic hydroxyl groups excluding tert-OH is 1. The maximum absolute atomic E-state index is 14.9. The minimum Gasteiger partial charge on any atom is -0.462 e. The third-order valence-corrected chi connectivity index (χ3v) is 14.3. The Bertz CT molecular complexity index is 1550. The molecule has 1 saturated carbocycles. The molecule has 0 aromatic heterocycles. The van der Waals surface area contributed by atoms with Crippen LogP contribution in [0.15, 0.2) is 36.0 Å². The Balaban J connectivity index is 1.26. The van der Waals surface area contributed by atoms with Gasteiger partial charge in [-0.1, -0.05) is 37.3 Å². The molecular weight excluding hydrogens is 757 g/mol. The van der Waals surface area contributed by atoms with Gasteiger partial charge in [0, 0.05) is 58.5 Å². The van der Waals surface area contributed by atoms with Crippen LogP contribution in [0.4, 0.5) is 0 Å². The largest absolute Gasteiger partial charge is 0.462 e. The summed E-state index contributed by atoms with van der Waals surface area (Å²) in [5, 5.41) is 11.0. The highest BCUT2D eigenvalue weighted by Gasteiger charge is 2.52. The first-order chi connectivity index (χ1) is 28.1. The van der Waals surface area contributed by atoms with Gasteiger partial charge in [-0.15, -0.1) is 0 Å². The fourth-order valence-corrected chi connectivity index (χ4v) is 11.1. The van der Waals surface area contributed by atoms with Crippen molar-refractivity contribution in [3.8, 4) is 0 Å². The standard InChI is InChI=1S/C46H72N2O11/c1-11-13-29(21-39(49)48(7)8)38-15-12-14-37(59-41-19-18-36(47(5)6)26(3)55-41)25(2)42(51)35-23-33-31(34(35)24-40(50)58-38)17-16-28-20-30(22-32(28)33)57-46-45(54-10)43(52)44(53-9)27(4)56-46/h11,13,16-17,23,25-34,36-38,41,43-46,52H,12,14-15,18-22,24H2,1-10H3/b13-11+/t25-,26-,27+,28?,29?,30-,31?,32?,33?,34?,36+,37+,38-,41+,43-,44+,45-,46+/m1/s1. The van der Waals surface area contributed by atoms with Crippen molar-refractivity contribution in [2.75, 3.05) is 42.4 Å². The molecule has 3 aliphatic carbocycles. The summed E-state index contributed by atoms with van der Waals surface area (Å²) in [5.74, 6) is -1.14. The molecule has 0 aromatic carbocycles. The molecule has 0 spiro atoms. The molecule has 3 saturated heterocycles. The lowest BCUT2D eigenvalue weighted by molar-refractivity contribution is -0.311. The zero-order valence-corrected chi connectivity index (χ0v) is 37.1. The first kappa shape index (κ1) is 46.0. The lowest BCUT2D eigenvalue weighted by Gasteiger charge is -2.42. The summed E-state index contributed by atoms with van der Waals surface area (Å²) in [5.41, 5.74) is 0.681. The molecule has 1 N–H and O–H groups in total. The van der Waals surface area contributed by atoms with Crippen molar-refractivity contribution in [3.05, 3.63) is 36.0 Å². The van der Waals surface area contributed by atoms with Crippen LogP contribution in [0.25, 0.3) is 0 Å². The molecule has 3 heterocycles. The maximum atomic E-state index is 14.9. The van der Waals surface area contributed by atoms with Crippen LogP contribution in [0.3, 0.4) is 0 Å². The number of allylic oxidation sites excluding steroid dienone is 5. The minimum atomic E-state index is -0.909. The number of Topliss-reactive ketones (excluding diaryl/α,β-unsaturated/α-hetero) is 1. The van der Waals surface area contributed by atoms with Crippen molar-refractivity contribution in [1.82, 2.24) is 9.80 Å². The van der Waals surface area contributed by atoms with Crippen molar-refractivity contribution in [2.24, 2.45) is 41.4 Å². The molecule has 0 aromatic rings. The van der Waals surface area contributed by atoms with Crippen LogP contribution < -0.4 is 0 Å². The molecule has 6 aliphatic rings. The number of carbonyl (C=O) groups excluding carboxylic acids is 3. The lowest BCUT2D eigenvalue weighted by atomic mass is 9.70. The number of likely N-dealkylation sites (N-methyl/N-ethyl adjacent to an activating group) is 1. The van der Waals surface area contributed by atoms with Crippen molar-refractivity contribution in [2.45, 2.75) is 153 Å². The van der Waals surface area contributed by atoms with E-state index in [0.29, 0.717) is 24.8 Å². The Morgan fingerprint density at radius 3 is 2.34 bits per heavy atom. The van der Waals surface area contributed by atoms with E-state index in [1.54, 1.807) is 26.1 Å². The first-order valence-electron chi connectivity index (χ1n) is 22.1. The summed E-state index contributed by atoms with van der Waals surface area (Å²) in [6.07, 6.45) is 10.9. The molecule has 0 radical (unpaired) electrons. The number of hydrogen-bond donors (Lipinski definition) is 1. The zero-order chi connectivity index (χ0) is 42.7. The predicted octanol–water partition coefficient (Wildman–Crippen LogP) is 5.09. The van der Waals surface area contributed by atoms with Crippen LogP contribution in [0, 0.1) is 41.4 Å². The number of aliphatic hydroxyl groups is 1. The van der Waals surface area contributed by atoms with Gasteiger partial charge >= 0.3 is 5.97 Å². The third kappa shape index (κ3) is 10.3. The van der Waals surface area contributed by atoms with Crippen molar-refractivity contribution in [1.29, 1.82) is 0 Å². The number of amides is 1. The number of hydrogen-bond acceptors (Lipinski definition) is 12. The van der Waals surface area contributed by atoms with Crippen LogP contribution in [-0.2, 0) is 47.5 Å². The van der Waals surface area contributed by atoms with Gasteiger partial charge in [-0.05, 0) is 109 Å². The maximum Gasteiger partial charge on any atom is 0.306 e. The number of carbonyl (C=O) groups is 3. The number of rotatable bonds is 11. The van der Waals surface area contributed by atoms with Gasteiger partial charge in [0.25, 0.3) is 0 Å². The van der Waals surface area contributed by atoms with Gasteiger partial charge in [0.15, 0.2) is 18.4 Å². The number of fused-ring (bicyclic) bond motifs is 5. The van der Waals surface area contributed by atoms with E-state index in [4.69, 9.17) is 33.2 Å². The monoisotopic (exact) mass is 829 g/mol. The van der Waals surface area contributed by atoms with E-state index >= 15 is 0 Å². The number of ether oxygens (including phenoxy) is 7. The Hall–Kier alpha value is -2.49. The van der Waals surface area contributed by atoms with Crippen LogP contribution in [0.2, 0.25) is 0 Å². The molecule has 13 heteroatoms. The van der Waals surface area contributed by atoms with Crippen molar-refractivity contribution in [3.63, 3.8) is 0 Å². The molecule has 18 atom stereocenters. The topological polar surface area (TPSA) is 143 Å². The van der Waals surface area contributed by atoms with Crippen LogP contribution >= 0.6 is 0 Å². The number of methoxy groups -OCH3 is 2. The van der Waals surface area contributed by atoms with Gasteiger partial charge in [-0.25, -0.2) is 0 Å². The van der Waals surface area contributed by atoms with E-state index in [0.717, 1.165) is 25.7 Å². The second-order valence-electron chi connectivity index (χ2n) is 18.5. The Kier molecular flexibility index (Phi) is 15.7. The minimum absolute atomic E-state index is 0.0164. The SMILES string of the molecule is C/C=C/C(CC(=O)N(C)C)[C@H]1CCC[C@H](O[C@H]2CC[C@H](N(C)C)[C@@H](C)O2)[C@@H](C)C(=O)C2=CC3C(C=CC4C[C@@H](O[C@@H]5O[C@@H](C)[C@H](OC)[C@@H](O)[C@H]5OC)CC43)C2CC(=O)O1. The van der Waals surface area contributed by atoms with Gasteiger partial charge < -0.3 is 48.1 Å². The van der Waals surface area contributed by atoms with E-state index in [1.165, 1.54) is 7.11 Å². The average Bonchev–Trinajstić information content (AvgIpc) is 3.76.